The lowest BCUT2D eigenvalue weighted by atomic mass is 9.81. The van der Waals surface area contributed by atoms with E-state index < -0.39 is 11.9 Å². The van der Waals surface area contributed by atoms with E-state index >= 15 is 0 Å². The average molecular weight is 450 g/mol. The zero-order chi connectivity index (χ0) is 23.0. The minimum Gasteiger partial charge on any atom is -0.492 e. The number of fused-ring (bicyclic) bond motifs is 1. The Hall–Kier alpha value is -3.11. The third-order valence-electron chi connectivity index (χ3n) is 5.89. The van der Waals surface area contributed by atoms with Gasteiger partial charge in [-0.15, -0.1) is 0 Å². The standard InChI is InChI=1S/C21H25F3N6O2/c1-4-15-19(31)28-17-11(2)26-20(29-18(17)30(15)3)27-13-7-12(8-13)10-32-14-5-6-16(25-9-14)21(22,23)24/h5-6,9,12-13,15H,4,7-8,10H2,1-3H3,(H,28,31)(H,26,27,29)/t12-,13+,15-/m0/s1. The topological polar surface area (TPSA) is 92.3 Å². The molecule has 32 heavy (non-hydrogen) atoms. The molecule has 8 nitrogen and oxygen atoms in total. The summed E-state index contributed by atoms with van der Waals surface area (Å²) < 4.78 is 43.3. The van der Waals surface area contributed by atoms with Gasteiger partial charge < -0.3 is 20.3 Å². The summed E-state index contributed by atoms with van der Waals surface area (Å²) in [5.74, 6) is 1.74. The first-order chi connectivity index (χ1) is 15.2. The maximum Gasteiger partial charge on any atom is 0.433 e. The summed E-state index contributed by atoms with van der Waals surface area (Å²) in [7, 11) is 1.86. The second kappa shape index (κ2) is 8.44. The van der Waals surface area contributed by atoms with Crippen molar-refractivity contribution in [2.24, 2.45) is 5.92 Å². The molecule has 1 saturated carbocycles. The van der Waals surface area contributed by atoms with Crippen LogP contribution in [0.4, 0.5) is 30.6 Å². The lowest BCUT2D eigenvalue weighted by Gasteiger charge is -2.37. The molecule has 1 fully saturated rings. The quantitative estimate of drug-likeness (QED) is 0.694. The van der Waals surface area contributed by atoms with Crippen molar-refractivity contribution in [3.63, 3.8) is 0 Å². The monoisotopic (exact) mass is 450 g/mol. The highest BCUT2D eigenvalue weighted by Gasteiger charge is 2.34. The zero-order valence-corrected chi connectivity index (χ0v) is 18.0. The summed E-state index contributed by atoms with van der Waals surface area (Å²) in [6.45, 7) is 4.19. The highest BCUT2D eigenvalue weighted by atomic mass is 19.4. The van der Waals surface area contributed by atoms with Gasteiger partial charge in [0.2, 0.25) is 11.9 Å². The first kappa shape index (κ1) is 22.1. The maximum absolute atomic E-state index is 12.6. The van der Waals surface area contributed by atoms with E-state index in [0.29, 0.717) is 41.9 Å². The molecule has 1 atom stereocenters. The molecule has 1 aliphatic heterocycles. The Morgan fingerprint density at radius 2 is 2.03 bits per heavy atom. The number of anilines is 3. The summed E-state index contributed by atoms with van der Waals surface area (Å²) in [5.41, 5.74) is 0.396. The first-order valence-corrected chi connectivity index (χ1v) is 10.5. The van der Waals surface area contributed by atoms with Crippen LogP contribution in [0.3, 0.4) is 0 Å². The number of nitrogens with one attached hydrogen (secondary N) is 2. The molecule has 2 aromatic rings. The van der Waals surface area contributed by atoms with Crippen molar-refractivity contribution in [2.45, 2.75) is 51.4 Å². The van der Waals surface area contributed by atoms with Gasteiger partial charge in [0.05, 0.1) is 18.5 Å². The summed E-state index contributed by atoms with van der Waals surface area (Å²) in [6.07, 6.45) is -1.03. The molecule has 11 heteroatoms. The largest absolute Gasteiger partial charge is 0.492 e. The number of ether oxygens (including phenoxy) is 1. The molecule has 0 aromatic carbocycles. The third-order valence-corrected chi connectivity index (χ3v) is 5.89. The Bertz CT molecular complexity index is 992. The van der Waals surface area contributed by atoms with Gasteiger partial charge in [-0.3, -0.25) is 4.79 Å². The molecule has 2 aromatic heterocycles. The van der Waals surface area contributed by atoms with Crippen molar-refractivity contribution in [2.75, 3.05) is 29.2 Å². The highest BCUT2D eigenvalue weighted by Crippen LogP contribution is 2.35. The normalized spacial score (nSPS) is 22.6. The van der Waals surface area contributed by atoms with E-state index in [1.54, 1.807) is 0 Å². The average Bonchev–Trinajstić information content (AvgIpc) is 2.70. The van der Waals surface area contributed by atoms with Crippen LogP contribution in [0.5, 0.6) is 5.75 Å². The van der Waals surface area contributed by atoms with Crippen molar-refractivity contribution in [3.8, 4) is 5.75 Å². The van der Waals surface area contributed by atoms with Gasteiger partial charge >= 0.3 is 6.18 Å². The molecule has 2 aliphatic rings. The number of nitrogens with zero attached hydrogens (tertiary/aromatic N) is 4. The van der Waals surface area contributed by atoms with Gasteiger partial charge in [0.25, 0.3) is 0 Å². The molecule has 0 bridgehead atoms. The number of amides is 1. The Morgan fingerprint density at radius 1 is 1.28 bits per heavy atom. The minimum atomic E-state index is -4.46. The van der Waals surface area contributed by atoms with Crippen LogP contribution in [-0.2, 0) is 11.0 Å². The van der Waals surface area contributed by atoms with Crippen molar-refractivity contribution in [3.05, 3.63) is 29.7 Å². The number of carbonyl (C=O) groups excluding carboxylic acids is 1. The van der Waals surface area contributed by atoms with Gasteiger partial charge in [-0.1, -0.05) is 6.92 Å². The summed E-state index contributed by atoms with van der Waals surface area (Å²) in [4.78, 5) is 26.6. The fraction of sp³-hybridized carbons (Fsp3) is 0.524. The third kappa shape index (κ3) is 4.42. The second-order valence-electron chi connectivity index (χ2n) is 8.22. The summed E-state index contributed by atoms with van der Waals surface area (Å²) >= 11 is 0. The number of pyridine rings is 1. The highest BCUT2D eigenvalue weighted by molar-refractivity contribution is 6.03. The Balaban J connectivity index is 1.31. The molecule has 0 spiro atoms. The van der Waals surface area contributed by atoms with Gasteiger partial charge in [0.1, 0.15) is 23.2 Å². The Kier molecular flexibility index (Phi) is 5.83. The molecule has 0 saturated heterocycles. The number of rotatable bonds is 6. The molecular weight excluding hydrogens is 425 g/mol. The SMILES string of the molecule is CC[C@H]1C(=O)Nc2c(C)nc(N[C@H]3C[C@@H](COc4ccc(C(F)(F)F)nc4)C3)nc2N1C. The maximum atomic E-state index is 12.6. The lowest BCUT2D eigenvalue weighted by Crippen LogP contribution is -2.46. The molecule has 2 N–H and O–H groups in total. The van der Waals surface area contributed by atoms with E-state index in [-0.39, 0.29) is 23.9 Å². The number of carbonyl (C=O) groups is 1. The van der Waals surface area contributed by atoms with Gasteiger partial charge in [0, 0.05) is 13.1 Å². The van der Waals surface area contributed by atoms with Gasteiger partial charge in [0.15, 0.2) is 5.82 Å². The summed E-state index contributed by atoms with van der Waals surface area (Å²) in [5, 5.41) is 6.23. The predicted octanol–water partition coefficient (Wildman–Crippen LogP) is 3.64. The van der Waals surface area contributed by atoms with Gasteiger partial charge in [-0.2, -0.15) is 18.2 Å². The second-order valence-corrected chi connectivity index (χ2v) is 8.22. The fourth-order valence-electron chi connectivity index (χ4n) is 4.03. The van der Waals surface area contributed by atoms with Gasteiger partial charge in [-0.05, 0) is 44.2 Å². The van der Waals surface area contributed by atoms with Crippen LogP contribution in [0.15, 0.2) is 18.3 Å². The van der Waals surface area contributed by atoms with E-state index in [0.717, 1.165) is 25.1 Å². The molecular formula is C21H25F3N6O2. The van der Waals surface area contributed by atoms with Crippen molar-refractivity contribution >= 4 is 23.4 Å². The molecule has 172 valence electrons. The van der Waals surface area contributed by atoms with Crippen molar-refractivity contribution < 1.29 is 22.7 Å². The minimum absolute atomic E-state index is 0.0556. The van der Waals surface area contributed by atoms with Crippen LogP contribution in [0.25, 0.3) is 0 Å². The number of hydrogen-bond acceptors (Lipinski definition) is 7. The molecule has 0 unspecified atom stereocenters. The molecule has 0 radical (unpaired) electrons. The predicted molar refractivity (Wildman–Crippen MR) is 113 cm³/mol. The smallest absolute Gasteiger partial charge is 0.433 e. The summed E-state index contributed by atoms with van der Waals surface area (Å²) in [6, 6.07) is 2.11. The van der Waals surface area contributed by atoms with Crippen LogP contribution < -0.4 is 20.3 Å². The van der Waals surface area contributed by atoms with Crippen LogP contribution in [0.2, 0.25) is 0 Å². The number of likely N-dealkylation sites (N-methyl/N-ethyl adjacent to an activating group) is 1. The van der Waals surface area contributed by atoms with Gasteiger partial charge in [-0.25, -0.2) is 9.97 Å². The Morgan fingerprint density at radius 3 is 2.66 bits per heavy atom. The number of hydrogen-bond donors (Lipinski definition) is 2. The van der Waals surface area contributed by atoms with E-state index in [9.17, 15) is 18.0 Å². The number of alkyl halides is 3. The van der Waals surface area contributed by atoms with Crippen molar-refractivity contribution in [1.82, 2.24) is 15.0 Å². The van der Waals surface area contributed by atoms with E-state index in [2.05, 4.69) is 25.6 Å². The molecule has 4 rings (SSSR count). The fourth-order valence-corrected chi connectivity index (χ4v) is 4.03. The zero-order valence-electron chi connectivity index (χ0n) is 18.0. The van der Waals surface area contributed by atoms with Crippen LogP contribution >= 0.6 is 0 Å². The van der Waals surface area contributed by atoms with E-state index in [1.165, 1.54) is 6.07 Å². The lowest BCUT2D eigenvalue weighted by molar-refractivity contribution is -0.141. The molecule has 3 heterocycles. The number of halogens is 3. The molecule has 1 aliphatic carbocycles. The van der Waals surface area contributed by atoms with Crippen LogP contribution in [-0.4, -0.2) is 46.6 Å². The van der Waals surface area contributed by atoms with Crippen LogP contribution in [0, 0.1) is 12.8 Å². The number of aromatic nitrogens is 3. The number of aryl methyl sites for hydroxylation is 1. The first-order valence-electron chi connectivity index (χ1n) is 10.5. The van der Waals surface area contributed by atoms with E-state index in [1.807, 2.05) is 25.8 Å². The van der Waals surface area contributed by atoms with Crippen LogP contribution in [0.1, 0.15) is 37.6 Å². The molecule has 1 amide bonds. The van der Waals surface area contributed by atoms with E-state index in [4.69, 9.17) is 4.74 Å². The Labute approximate surface area is 183 Å². The van der Waals surface area contributed by atoms with Crippen molar-refractivity contribution in [1.29, 1.82) is 0 Å².